The van der Waals surface area contributed by atoms with Crippen molar-refractivity contribution >= 4 is 0 Å². The molecule has 1 aliphatic rings. The van der Waals surface area contributed by atoms with Gasteiger partial charge >= 0.3 is 0 Å². The minimum atomic E-state index is 0.617. The first-order valence-corrected chi connectivity index (χ1v) is 5.96. The molecule has 16 heavy (non-hydrogen) atoms. The molecule has 0 amide bonds. The molecule has 0 atom stereocenters. The zero-order valence-electron chi connectivity index (χ0n) is 9.74. The molecule has 1 N–H and O–H groups in total. The van der Waals surface area contributed by atoms with Gasteiger partial charge in [-0.15, -0.1) is 0 Å². The van der Waals surface area contributed by atoms with Gasteiger partial charge in [0.05, 0.1) is 6.07 Å². The molecule has 84 valence electrons. The van der Waals surface area contributed by atoms with Crippen LogP contribution in [0.25, 0.3) is 0 Å². The number of rotatable bonds is 4. The fourth-order valence-corrected chi connectivity index (χ4v) is 2.31. The van der Waals surface area contributed by atoms with E-state index in [0.717, 1.165) is 12.5 Å². The molecule has 2 rings (SSSR count). The third kappa shape index (κ3) is 2.62. The first-order chi connectivity index (χ1) is 7.79. The Labute approximate surface area is 97.3 Å². The van der Waals surface area contributed by atoms with Crippen LogP contribution in [-0.2, 0) is 0 Å². The van der Waals surface area contributed by atoms with Gasteiger partial charge in [-0.2, -0.15) is 5.26 Å². The second kappa shape index (κ2) is 5.14. The fourth-order valence-electron chi connectivity index (χ4n) is 2.31. The van der Waals surface area contributed by atoms with Crippen molar-refractivity contribution in [2.75, 3.05) is 6.54 Å². The van der Waals surface area contributed by atoms with Gasteiger partial charge in [-0.25, -0.2) is 0 Å². The zero-order chi connectivity index (χ0) is 11.4. The van der Waals surface area contributed by atoms with E-state index in [1.807, 2.05) is 0 Å². The second-order valence-corrected chi connectivity index (χ2v) is 4.64. The summed E-state index contributed by atoms with van der Waals surface area (Å²) in [7, 11) is 0. The van der Waals surface area contributed by atoms with Gasteiger partial charge in [-0.05, 0) is 31.2 Å². The SMILES string of the molecule is Cc1cccc(C2CC(NCCC#N)C2)c1. The van der Waals surface area contributed by atoms with Crippen LogP contribution in [0.3, 0.4) is 0 Å². The lowest BCUT2D eigenvalue weighted by Crippen LogP contribution is -2.40. The summed E-state index contributed by atoms with van der Waals surface area (Å²) in [6, 6.07) is 11.6. The summed E-state index contributed by atoms with van der Waals surface area (Å²) >= 11 is 0. The van der Waals surface area contributed by atoms with Gasteiger partial charge in [-0.3, -0.25) is 0 Å². The average Bonchev–Trinajstić information content (AvgIpc) is 2.21. The lowest BCUT2D eigenvalue weighted by molar-refractivity contribution is 0.293. The molecule has 2 heteroatoms. The van der Waals surface area contributed by atoms with Gasteiger partial charge in [0.25, 0.3) is 0 Å². The maximum absolute atomic E-state index is 8.44. The van der Waals surface area contributed by atoms with E-state index in [1.54, 1.807) is 0 Å². The third-order valence-corrected chi connectivity index (χ3v) is 3.32. The van der Waals surface area contributed by atoms with E-state index >= 15 is 0 Å². The van der Waals surface area contributed by atoms with Crippen molar-refractivity contribution in [3.8, 4) is 6.07 Å². The standard InChI is InChI=1S/C14H18N2/c1-11-4-2-5-12(8-11)13-9-14(10-13)16-7-3-6-15/h2,4-5,8,13-14,16H,3,7,9-10H2,1H3. The predicted molar refractivity (Wildman–Crippen MR) is 65.2 cm³/mol. The summed E-state index contributed by atoms with van der Waals surface area (Å²) in [5, 5.41) is 11.9. The summed E-state index contributed by atoms with van der Waals surface area (Å²) in [5.74, 6) is 0.722. The largest absolute Gasteiger partial charge is 0.313 e. The Morgan fingerprint density at radius 2 is 2.25 bits per heavy atom. The van der Waals surface area contributed by atoms with E-state index in [2.05, 4.69) is 42.6 Å². The smallest absolute Gasteiger partial charge is 0.0635 e. The lowest BCUT2D eigenvalue weighted by atomic mass is 9.75. The number of hydrogen-bond acceptors (Lipinski definition) is 2. The highest BCUT2D eigenvalue weighted by atomic mass is 14.9. The summed E-state index contributed by atoms with van der Waals surface area (Å²) < 4.78 is 0. The third-order valence-electron chi connectivity index (χ3n) is 3.32. The van der Waals surface area contributed by atoms with Gasteiger partial charge in [0.2, 0.25) is 0 Å². The molecule has 0 saturated heterocycles. The minimum absolute atomic E-state index is 0.617. The molecule has 0 unspecified atom stereocenters. The molecule has 1 saturated carbocycles. The molecular formula is C14H18N2. The van der Waals surface area contributed by atoms with Crippen LogP contribution in [0, 0.1) is 18.3 Å². The molecule has 0 aliphatic heterocycles. The quantitative estimate of drug-likeness (QED) is 0.782. The van der Waals surface area contributed by atoms with Crippen LogP contribution >= 0.6 is 0 Å². The molecule has 1 aromatic carbocycles. The summed E-state index contributed by atoms with van der Waals surface area (Å²) in [6.45, 7) is 2.98. The number of hydrogen-bond donors (Lipinski definition) is 1. The number of nitrogens with zero attached hydrogens (tertiary/aromatic N) is 1. The van der Waals surface area contributed by atoms with Crippen LogP contribution in [0.5, 0.6) is 0 Å². The van der Waals surface area contributed by atoms with Crippen LogP contribution in [-0.4, -0.2) is 12.6 Å². The van der Waals surface area contributed by atoms with E-state index in [1.165, 1.54) is 24.0 Å². The molecule has 0 bridgehead atoms. The number of benzene rings is 1. The highest BCUT2D eigenvalue weighted by Gasteiger charge is 2.29. The summed E-state index contributed by atoms with van der Waals surface area (Å²) in [5.41, 5.74) is 2.82. The Morgan fingerprint density at radius 1 is 1.44 bits per heavy atom. The summed E-state index contributed by atoms with van der Waals surface area (Å²) in [6.07, 6.45) is 3.05. The molecule has 0 spiro atoms. The normalized spacial score (nSPS) is 23.5. The van der Waals surface area contributed by atoms with Crippen LogP contribution in [0.15, 0.2) is 24.3 Å². The van der Waals surface area contributed by atoms with E-state index in [4.69, 9.17) is 5.26 Å². The van der Waals surface area contributed by atoms with Crippen molar-refractivity contribution in [3.05, 3.63) is 35.4 Å². The highest BCUT2D eigenvalue weighted by molar-refractivity contribution is 5.27. The Kier molecular flexibility index (Phi) is 3.58. The monoisotopic (exact) mass is 214 g/mol. The molecule has 2 nitrogen and oxygen atoms in total. The molecule has 1 aromatic rings. The minimum Gasteiger partial charge on any atom is -0.313 e. The number of nitriles is 1. The molecule has 1 aliphatic carbocycles. The van der Waals surface area contributed by atoms with Gasteiger partial charge in [0.15, 0.2) is 0 Å². The molecular weight excluding hydrogens is 196 g/mol. The van der Waals surface area contributed by atoms with Crippen molar-refractivity contribution < 1.29 is 0 Å². The van der Waals surface area contributed by atoms with Crippen molar-refractivity contribution in [2.45, 2.75) is 38.1 Å². The van der Waals surface area contributed by atoms with Crippen LogP contribution in [0.1, 0.15) is 36.3 Å². The van der Waals surface area contributed by atoms with Crippen LogP contribution in [0.2, 0.25) is 0 Å². The zero-order valence-corrected chi connectivity index (χ0v) is 9.74. The molecule has 1 fully saturated rings. The lowest BCUT2D eigenvalue weighted by Gasteiger charge is -2.36. The van der Waals surface area contributed by atoms with Gasteiger partial charge in [0.1, 0.15) is 0 Å². The van der Waals surface area contributed by atoms with E-state index in [9.17, 15) is 0 Å². The molecule has 0 radical (unpaired) electrons. The fraction of sp³-hybridized carbons (Fsp3) is 0.500. The van der Waals surface area contributed by atoms with Crippen molar-refractivity contribution in [2.24, 2.45) is 0 Å². The van der Waals surface area contributed by atoms with Gasteiger partial charge in [-0.1, -0.05) is 29.8 Å². The predicted octanol–water partition coefficient (Wildman–Crippen LogP) is 2.74. The molecule has 0 aromatic heterocycles. The highest BCUT2D eigenvalue weighted by Crippen LogP contribution is 2.36. The van der Waals surface area contributed by atoms with Crippen molar-refractivity contribution in [3.63, 3.8) is 0 Å². The maximum atomic E-state index is 8.44. The van der Waals surface area contributed by atoms with Crippen molar-refractivity contribution in [1.82, 2.24) is 5.32 Å². The van der Waals surface area contributed by atoms with E-state index in [-0.39, 0.29) is 0 Å². The van der Waals surface area contributed by atoms with Crippen molar-refractivity contribution in [1.29, 1.82) is 5.26 Å². The van der Waals surface area contributed by atoms with Crippen LogP contribution < -0.4 is 5.32 Å². The molecule has 0 heterocycles. The average molecular weight is 214 g/mol. The second-order valence-electron chi connectivity index (χ2n) is 4.64. The van der Waals surface area contributed by atoms with Gasteiger partial charge < -0.3 is 5.32 Å². The van der Waals surface area contributed by atoms with E-state index in [0.29, 0.717) is 12.5 Å². The van der Waals surface area contributed by atoms with Gasteiger partial charge in [0, 0.05) is 19.0 Å². The van der Waals surface area contributed by atoms with Crippen LogP contribution in [0.4, 0.5) is 0 Å². The maximum Gasteiger partial charge on any atom is 0.0635 e. The summed E-state index contributed by atoms with van der Waals surface area (Å²) in [4.78, 5) is 0. The first-order valence-electron chi connectivity index (χ1n) is 5.96. The number of nitrogens with one attached hydrogen (secondary N) is 1. The topological polar surface area (TPSA) is 35.8 Å². The number of aryl methyl sites for hydroxylation is 1. The van der Waals surface area contributed by atoms with E-state index < -0.39 is 0 Å². The first kappa shape index (κ1) is 11.2. The Balaban J connectivity index is 1.78. The Hall–Kier alpha value is -1.33. The Bertz CT molecular complexity index is 386. The Morgan fingerprint density at radius 3 is 2.94 bits per heavy atom.